The van der Waals surface area contributed by atoms with Gasteiger partial charge in [-0.1, -0.05) is 19.9 Å². The summed E-state index contributed by atoms with van der Waals surface area (Å²) in [5.74, 6) is -0.135. The Morgan fingerprint density at radius 1 is 1.27 bits per heavy atom. The van der Waals surface area contributed by atoms with Crippen LogP contribution in [-0.2, 0) is 4.79 Å². The van der Waals surface area contributed by atoms with E-state index in [-0.39, 0.29) is 17.4 Å². The zero-order valence-corrected chi connectivity index (χ0v) is 8.97. The Kier molecular flexibility index (Phi) is 3.72. The van der Waals surface area contributed by atoms with Crippen molar-refractivity contribution in [3.05, 3.63) is 23.8 Å². The molecule has 0 bridgehead atoms. The lowest BCUT2D eigenvalue weighted by Gasteiger charge is -2.13. The van der Waals surface area contributed by atoms with Crippen molar-refractivity contribution in [2.45, 2.75) is 26.2 Å². The van der Waals surface area contributed by atoms with Crippen LogP contribution in [-0.4, -0.2) is 16.5 Å². The minimum absolute atomic E-state index is 0.159. The number of aldehydes is 1. The maximum absolute atomic E-state index is 10.9. The summed E-state index contributed by atoms with van der Waals surface area (Å²) < 4.78 is 0. The molecule has 0 heterocycles. The van der Waals surface area contributed by atoms with E-state index in [2.05, 4.69) is 0 Å². The molecule has 82 valence electrons. The van der Waals surface area contributed by atoms with Crippen LogP contribution in [0.25, 0.3) is 0 Å². The second-order valence-electron chi connectivity index (χ2n) is 4.12. The zero-order chi connectivity index (χ0) is 11.4. The Balaban J connectivity index is 2.92. The van der Waals surface area contributed by atoms with E-state index in [1.54, 1.807) is 6.07 Å². The van der Waals surface area contributed by atoms with Gasteiger partial charge in [0.1, 0.15) is 6.29 Å². The van der Waals surface area contributed by atoms with Crippen molar-refractivity contribution in [1.82, 2.24) is 0 Å². The monoisotopic (exact) mass is 208 g/mol. The van der Waals surface area contributed by atoms with Gasteiger partial charge in [0.25, 0.3) is 0 Å². The van der Waals surface area contributed by atoms with Gasteiger partial charge < -0.3 is 15.0 Å². The average molecular weight is 208 g/mol. The molecule has 2 N–H and O–H groups in total. The Morgan fingerprint density at radius 3 is 2.40 bits per heavy atom. The third kappa shape index (κ3) is 2.98. The number of phenols is 2. The number of carbonyl (C=O) groups is 1. The van der Waals surface area contributed by atoms with Gasteiger partial charge in [0, 0.05) is 5.92 Å². The highest BCUT2D eigenvalue weighted by molar-refractivity contribution is 5.63. The van der Waals surface area contributed by atoms with E-state index in [1.165, 1.54) is 12.1 Å². The lowest BCUT2D eigenvalue weighted by Crippen LogP contribution is -2.04. The minimum Gasteiger partial charge on any atom is -0.504 e. The largest absolute Gasteiger partial charge is 0.504 e. The van der Waals surface area contributed by atoms with Gasteiger partial charge in [-0.3, -0.25) is 0 Å². The Morgan fingerprint density at radius 2 is 1.93 bits per heavy atom. The molecule has 0 aromatic heterocycles. The molecule has 0 saturated carbocycles. The average Bonchev–Trinajstić information content (AvgIpc) is 2.18. The van der Waals surface area contributed by atoms with Crippen molar-refractivity contribution in [3.8, 4) is 11.5 Å². The summed E-state index contributed by atoms with van der Waals surface area (Å²) in [5.41, 5.74) is 0.744. The van der Waals surface area contributed by atoms with Gasteiger partial charge in [0.15, 0.2) is 11.5 Å². The third-order valence-electron chi connectivity index (χ3n) is 2.32. The van der Waals surface area contributed by atoms with Crippen LogP contribution in [0.2, 0.25) is 0 Å². The highest BCUT2D eigenvalue weighted by atomic mass is 16.3. The highest BCUT2D eigenvalue weighted by Crippen LogP contribution is 2.30. The molecule has 0 radical (unpaired) electrons. The summed E-state index contributed by atoms with van der Waals surface area (Å²) >= 11 is 0. The van der Waals surface area contributed by atoms with Crippen molar-refractivity contribution in [3.63, 3.8) is 0 Å². The first kappa shape index (κ1) is 11.6. The van der Waals surface area contributed by atoms with E-state index < -0.39 is 0 Å². The predicted octanol–water partition coefficient (Wildman–Crippen LogP) is 2.43. The number of hydrogen-bond acceptors (Lipinski definition) is 3. The second-order valence-corrected chi connectivity index (χ2v) is 4.12. The molecule has 3 heteroatoms. The molecule has 1 aromatic carbocycles. The SMILES string of the molecule is CC(C)CC(C=O)c1ccc(O)c(O)c1. The first-order valence-corrected chi connectivity index (χ1v) is 5.01. The predicted molar refractivity (Wildman–Crippen MR) is 58.0 cm³/mol. The van der Waals surface area contributed by atoms with Crippen LogP contribution in [0.3, 0.4) is 0 Å². The molecule has 0 fully saturated rings. The van der Waals surface area contributed by atoms with Gasteiger partial charge in [-0.15, -0.1) is 0 Å². The van der Waals surface area contributed by atoms with Crippen molar-refractivity contribution in [2.75, 3.05) is 0 Å². The van der Waals surface area contributed by atoms with Crippen LogP contribution in [0.1, 0.15) is 31.7 Å². The van der Waals surface area contributed by atoms with Crippen molar-refractivity contribution < 1.29 is 15.0 Å². The molecule has 1 rings (SSSR count). The zero-order valence-electron chi connectivity index (χ0n) is 8.97. The van der Waals surface area contributed by atoms with Crippen molar-refractivity contribution >= 4 is 6.29 Å². The third-order valence-corrected chi connectivity index (χ3v) is 2.32. The quantitative estimate of drug-likeness (QED) is 0.590. The molecule has 1 atom stereocenters. The normalized spacial score (nSPS) is 12.7. The molecule has 1 aromatic rings. The standard InChI is InChI=1S/C12H16O3/c1-8(2)5-10(7-13)9-3-4-11(14)12(15)6-9/h3-4,6-8,10,14-15H,5H2,1-2H3. The number of phenolic OH excluding ortho intramolecular Hbond substituents is 2. The van der Waals surface area contributed by atoms with Gasteiger partial charge in [-0.25, -0.2) is 0 Å². The van der Waals surface area contributed by atoms with Crippen molar-refractivity contribution in [1.29, 1.82) is 0 Å². The summed E-state index contributed by atoms with van der Waals surface area (Å²) in [6, 6.07) is 4.51. The Hall–Kier alpha value is -1.51. The Labute approximate surface area is 89.4 Å². The van der Waals surface area contributed by atoms with Gasteiger partial charge >= 0.3 is 0 Å². The van der Waals surface area contributed by atoms with Crippen LogP contribution in [0, 0.1) is 5.92 Å². The Bertz CT molecular complexity index is 345. The topological polar surface area (TPSA) is 57.5 Å². The van der Waals surface area contributed by atoms with Gasteiger partial charge in [-0.05, 0) is 30.0 Å². The fourth-order valence-electron chi connectivity index (χ4n) is 1.55. The maximum Gasteiger partial charge on any atom is 0.157 e. The highest BCUT2D eigenvalue weighted by Gasteiger charge is 2.13. The van der Waals surface area contributed by atoms with E-state index in [4.69, 9.17) is 5.11 Å². The molecule has 0 saturated heterocycles. The molecule has 0 spiro atoms. The number of carbonyl (C=O) groups excluding carboxylic acids is 1. The molecule has 1 unspecified atom stereocenters. The lowest BCUT2D eigenvalue weighted by atomic mass is 9.91. The fraction of sp³-hybridized carbons (Fsp3) is 0.417. The summed E-state index contributed by atoms with van der Waals surface area (Å²) in [7, 11) is 0. The molecule has 0 aliphatic carbocycles. The van der Waals surface area contributed by atoms with E-state index in [0.29, 0.717) is 5.92 Å². The van der Waals surface area contributed by atoms with E-state index in [0.717, 1.165) is 18.3 Å². The van der Waals surface area contributed by atoms with Crippen LogP contribution >= 0.6 is 0 Å². The first-order valence-electron chi connectivity index (χ1n) is 5.01. The fourth-order valence-corrected chi connectivity index (χ4v) is 1.55. The molecule has 0 aliphatic heterocycles. The number of aromatic hydroxyl groups is 2. The molecule has 0 aliphatic rings. The molecular formula is C12H16O3. The number of benzene rings is 1. The number of rotatable bonds is 4. The van der Waals surface area contributed by atoms with E-state index >= 15 is 0 Å². The summed E-state index contributed by atoms with van der Waals surface area (Å²) in [6.07, 6.45) is 1.62. The van der Waals surface area contributed by atoms with E-state index in [9.17, 15) is 9.90 Å². The summed E-state index contributed by atoms with van der Waals surface area (Å²) in [4.78, 5) is 10.9. The molecule has 15 heavy (non-hydrogen) atoms. The van der Waals surface area contributed by atoms with Crippen molar-refractivity contribution in [2.24, 2.45) is 5.92 Å². The first-order chi connectivity index (χ1) is 7.04. The van der Waals surface area contributed by atoms with Crippen LogP contribution < -0.4 is 0 Å². The van der Waals surface area contributed by atoms with E-state index in [1.807, 2.05) is 13.8 Å². The van der Waals surface area contributed by atoms with Crippen LogP contribution in [0.5, 0.6) is 11.5 Å². The minimum atomic E-state index is -0.212. The second kappa shape index (κ2) is 4.82. The molecule has 3 nitrogen and oxygen atoms in total. The van der Waals surface area contributed by atoms with Gasteiger partial charge in [0.2, 0.25) is 0 Å². The molecular weight excluding hydrogens is 192 g/mol. The van der Waals surface area contributed by atoms with Crippen LogP contribution in [0.4, 0.5) is 0 Å². The molecule has 0 amide bonds. The van der Waals surface area contributed by atoms with Gasteiger partial charge in [0.05, 0.1) is 0 Å². The van der Waals surface area contributed by atoms with Crippen LogP contribution in [0.15, 0.2) is 18.2 Å². The smallest absolute Gasteiger partial charge is 0.157 e. The maximum atomic E-state index is 10.9. The van der Waals surface area contributed by atoms with Gasteiger partial charge in [-0.2, -0.15) is 0 Å². The summed E-state index contributed by atoms with van der Waals surface area (Å²) in [5, 5.41) is 18.5. The summed E-state index contributed by atoms with van der Waals surface area (Å²) in [6.45, 7) is 4.08. The lowest BCUT2D eigenvalue weighted by molar-refractivity contribution is -0.109. The number of hydrogen-bond donors (Lipinski definition) is 2.